The van der Waals surface area contributed by atoms with Crippen LogP contribution in [-0.4, -0.2) is 14.1 Å². The quantitative estimate of drug-likeness (QED) is 0.457. The van der Waals surface area contributed by atoms with Crippen molar-refractivity contribution in [1.29, 1.82) is 0 Å². The van der Waals surface area contributed by atoms with Gasteiger partial charge in [-0.3, -0.25) is 0 Å². The third-order valence-corrected chi connectivity index (χ3v) is 5.03. The smallest absolute Gasteiger partial charge is 0.0781 e. The fourth-order valence-electron chi connectivity index (χ4n) is 2.67. The fraction of sp³-hybridized carbons (Fsp3) is 0.571. The van der Waals surface area contributed by atoms with E-state index in [1.165, 1.54) is 12.0 Å². The van der Waals surface area contributed by atoms with E-state index in [4.69, 9.17) is 0 Å². The van der Waals surface area contributed by atoms with Crippen molar-refractivity contribution in [2.45, 2.75) is 65.8 Å². The number of hydrogen-bond acceptors (Lipinski definition) is 1. The van der Waals surface area contributed by atoms with Gasteiger partial charge in [-0.15, -0.1) is 5.73 Å². The fourth-order valence-corrected chi connectivity index (χ4v) is 3.26. The first-order valence-corrected chi connectivity index (χ1v) is 12.5. The van der Waals surface area contributed by atoms with E-state index in [-0.39, 0.29) is 0 Å². The maximum atomic E-state index is 3.84. The lowest BCUT2D eigenvalue weighted by molar-refractivity contribution is 0.333. The highest BCUT2D eigenvalue weighted by molar-refractivity contribution is 6.80. The molecule has 1 aromatic rings. The van der Waals surface area contributed by atoms with Gasteiger partial charge in [-0.2, -0.15) is 0 Å². The van der Waals surface area contributed by atoms with E-state index < -0.39 is 8.07 Å². The zero-order valence-electron chi connectivity index (χ0n) is 16.1. The van der Waals surface area contributed by atoms with Crippen LogP contribution >= 0.6 is 0 Å². The molecule has 0 aliphatic rings. The Morgan fingerprint density at radius 1 is 1.04 bits per heavy atom. The summed E-state index contributed by atoms with van der Waals surface area (Å²) < 4.78 is 0. The molecule has 0 fully saturated rings. The average molecular weight is 330 g/mol. The van der Waals surface area contributed by atoms with Crippen LogP contribution in [0.25, 0.3) is 0 Å². The van der Waals surface area contributed by atoms with Crippen LogP contribution in [0.1, 0.15) is 45.7 Å². The predicted octanol–water partition coefficient (Wildman–Crippen LogP) is 5.98. The minimum absolute atomic E-state index is 0.372. The molecule has 0 aliphatic heterocycles. The van der Waals surface area contributed by atoms with Crippen LogP contribution in [0, 0.1) is 11.8 Å². The van der Waals surface area contributed by atoms with Crippen molar-refractivity contribution in [3.05, 3.63) is 53.4 Å². The summed E-state index contributed by atoms with van der Waals surface area (Å²) in [7, 11) is -1.16. The highest BCUT2D eigenvalue weighted by Gasteiger charge is 2.19. The highest BCUT2D eigenvalue weighted by atomic mass is 28.3. The highest BCUT2D eigenvalue weighted by Crippen LogP contribution is 2.20. The summed E-state index contributed by atoms with van der Waals surface area (Å²) in [6, 6.07) is 11.6. The molecular weight excluding hydrogens is 294 g/mol. The number of benzene rings is 1. The average Bonchev–Trinajstić information content (AvgIpc) is 2.45. The minimum atomic E-state index is -1.16. The van der Waals surface area contributed by atoms with E-state index in [9.17, 15) is 0 Å². The van der Waals surface area contributed by atoms with Crippen LogP contribution in [0.4, 0.5) is 0 Å². The van der Waals surface area contributed by atoms with Crippen LogP contribution in [0.3, 0.4) is 0 Å². The van der Waals surface area contributed by atoms with Crippen molar-refractivity contribution in [2.24, 2.45) is 11.8 Å². The third-order valence-electron chi connectivity index (χ3n) is 4.00. The van der Waals surface area contributed by atoms with Gasteiger partial charge in [0.2, 0.25) is 0 Å². The van der Waals surface area contributed by atoms with Crippen molar-refractivity contribution in [2.75, 3.05) is 0 Å². The van der Waals surface area contributed by atoms with Gasteiger partial charge in [0.1, 0.15) is 0 Å². The number of rotatable bonds is 8. The van der Waals surface area contributed by atoms with E-state index in [2.05, 4.69) is 100 Å². The lowest BCUT2D eigenvalue weighted by atomic mass is 9.92. The summed E-state index contributed by atoms with van der Waals surface area (Å²) in [5.41, 5.74) is 7.12. The van der Waals surface area contributed by atoms with Crippen LogP contribution < -0.4 is 5.32 Å². The Bertz CT molecular complexity index is 506. The molecule has 0 unspecified atom stereocenters. The first kappa shape index (κ1) is 20.0. The van der Waals surface area contributed by atoms with Crippen LogP contribution in [-0.2, 0) is 0 Å². The van der Waals surface area contributed by atoms with E-state index in [1.807, 2.05) is 0 Å². The zero-order valence-corrected chi connectivity index (χ0v) is 17.1. The van der Waals surface area contributed by atoms with Gasteiger partial charge in [0.25, 0.3) is 0 Å². The molecule has 0 aliphatic carbocycles. The summed E-state index contributed by atoms with van der Waals surface area (Å²) in [6.07, 6.45) is 3.44. The van der Waals surface area contributed by atoms with Gasteiger partial charge >= 0.3 is 0 Å². The van der Waals surface area contributed by atoms with E-state index >= 15 is 0 Å². The number of hydrogen-bond donors (Lipinski definition) is 1. The van der Waals surface area contributed by atoms with Gasteiger partial charge in [0.15, 0.2) is 0 Å². The van der Waals surface area contributed by atoms with Crippen molar-refractivity contribution < 1.29 is 0 Å². The van der Waals surface area contributed by atoms with Gasteiger partial charge in [0, 0.05) is 12.1 Å². The van der Waals surface area contributed by atoms with Gasteiger partial charge < -0.3 is 5.32 Å². The monoisotopic (exact) mass is 329 g/mol. The molecule has 0 bridgehead atoms. The number of nitrogens with one attached hydrogen (secondary N) is 1. The molecular formula is C21H35NSi. The SMILES string of the molecule is CC(C)C[C@@H](N[C@H](C)c1ccccc1)[C@H](C)C=C=C[Si](C)(C)C. The second-order valence-electron chi connectivity index (χ2n) is 8.24. The van der Waals surface area contributed by atoms with Gasteiger partial charge in [0.05, 0.1) is 8.07 Å². The predicted molar refractivity (Wildman–Crippen MR) is 106 cm³/mol. The van der Waals surface area contributed by atoms with Crippen LogP contribution in [0.2, 0.25) is 19.6 Å². The van der Waals surface area contributed by atoms with E-state index in [0.29, 0.717) is 23.9 Å². The van der Waals surface area contributed by atoms with Crippen molar-refractivity contribution in [1.82, 2.24) is 5.32 Å². The largest absolute Gasteiger partial charge is 0.307 e. The minimum Gasteiger partial charge on any atom is -0.307 e. The van der Waals surface area contributed by atoms with Crippen molar-refractivity contribution in [3.63, 3.8) is 0 Å². The first-order valence-electron chi connectivity index (χ1n) is 8.94. The molecule has 0 spiro atoms. The normalized spacial score (nSPS) is 15.7. The molecule has 23 heavy (non-hydrogen) atoms. The van der Waals surface area contributed by atoms with Gasteiger partial charge in [-0.1, -0.05) is 76.4 Å². The maximum Gasteiger partial charge on any atom is 0.0781 e. The third kappa shape index (κ3) is 8.36. The van der Waals surface area contributed by atoms with Crippen molar-refractivity contribution in [3.8, 4) is 0 Å². The topological polar surface area (TPSA) is 12.0 Å². The molecule has 0 aromatic heterocycles. The molecule has 0 heterocycles. The standard InChI is InChI=1S/C21H35NSi/c1-17(2)16-21(18(3)12-11-15-23(5,6)7)22-19(4)20-13-9-8-10-14-20/h8-10,12-15,17-19,21-22H,16H2,1-7H3/t11?,18-,19-,21-/m1/s1. The second-order valence-corrected chi connectivity index (χ2v) is 13.3. The molecule has 1 aromatic carbocycles. The van der Waals surface area contributed by atoms with Gasteiger partial charge in [-0.05, 0) is 36.8 Å². The Labute approximate surface area is 144 Å². The second kappa shape index (κ2) is 9.27. The molecule has 0 saturated heterocycles. The molecule has 0 radical (unpaired) electrons. The molecule has 128 valence electrons. The summed E-state index contributed by atoms with van der Waals surface area (Å²) in [4.78, 5) is 0. The first-order chi connectivity index (χ1) is 10.7. The molecule has 3 atom stereocenters. The van der Waals surface area contributed by atoms with Crippen LogP contribution in [0.5, 0.6) is 0 Å². The van der Waals surface area contributed by atoms with Gasteiger partial charge in [-0.25, -0.2) is 0 Å². The molecule has 1 N–H and O–H groups in total. The van der Waals surface area contributed by atoms with Crippen molar-refractivity contribution >= 4 is 8.07 Å². The molecule has 1 nitrogen and oxygen atoms in total. The molecule has 2 heteroatoms. The maximum absolute atomic E-state index is 3.84. The summed E-state index contributed by atoms with van der Waals surface area (Å²) in [5.74, 6) is 1.17. The van der Waals surface area contributed by atoms with E-state index in [1.54, 1.807) is 0 Å². The summed E-state index contributed by atoms with van der Waals surface area (Å²) in [5, 5.41) is 3.84. The lowest BCUT2D eigenvalue weighted by Gasteiger charge is -2.28. The molecule has 1 rings (SSSR count). The van der Waals surface area contributed by atoms with E-state index in [0.717, 1.165) is 0 Å². The zero-order chi connectivity index (χ0) is 17.5. The summed E-state index contributed by atoms with van der Waals surface area (Å²) in [6.45, 7) is 16.2. The van der Waals surface area contributed by atoms with Crippen LogP contribution in [0.15, 0.2) is 47.8 Å². The lowest BCUT2D eigenvalue weighted by Crippen LogP contribution is -2.37. The Kier molecular flexibility index (Phi) is 8.05. The molecule has 0 saturated carbocycles. The summed E-state index contributed by atoms with van der Waals surface area (Å²) >= 11 is 0. The molecule has 0 amide bonds. The Morgan fingerprint density at radius 3 is 2.17 bits per heavy atom. The Morgan fingerprint density at radius 2 is 1.65 bits per heavy atom. The Hall–Kier alpha value is -1.08. The Balaban J connectivity index is 2.81.